The molecule has 0 atom stereocenters. The molecule has 2 aromatic heterocycles. The summed E-state index contributed by atoms with van der Waals surface area (Å²) in [5.41, 5.74) is 5.55. The Morgan fingerprint density at radius 2 is 1.85 bits per heavy atom. The van der Waals surface area contributed by atoms with E-state index in [0.29, 0.717) is 40.2 Å². The van der Waals surface area contributed by atoms with Crippen LogP contribution in [0.15, 0.2) is 53.2 Å². The zero-order valence-electron chi connectivity index (χ0n) is 20.7. The fraction of sp³-hybridized carbons (Fsp3) is 0.192. The molecule has 0 spiro atoms. The molecule has 202 valence electrons. The van der Waals surface area contributed by atoms with Gasteiger partial charge in [-0.15, -0.1) is 0 Å². The molecule has 0 fully saturated rings. The van der Waals surface area contributed by atoms with Gasteiger partial charge in [-0.2, -0.15) is 18.2 Å². The molecular weight excluding hydrogens is 537 g/mol. The maximum Gasteiger partial charge on any atom is 0.446 e. The minimum absolute atomic E-state index is 0.249. The molecule has 0 aliphatic carbocycles. The third-order valence-corrected chi connectivity index (χ3v) is 5.90. The number of fused-ring (bicyclic) bond motifs is 6. The Kier molecular flexibility index (Phi) is 8.15. The number of aromatic nitrogens is 3. The topological polar surface area (TPSA) is 122 Å². The van der Waals surface area contributed by atoms with E-state index in [-0.39, 0.29) is 5.91 Å². The molecule has 0 radical (unpaired) electrons. The highest BCUT2D eigenvalue weighted by atomic mass is 35.5. The van der Waals surface area contributed by atoms with E-state index in [9.17, 15) is 18.0 Å². The van der Waals surface area contributed by atoms with Crippen molar-refractivity contribution in [1.82, 2.24) is 15.1 Å². The molecule has 2 aromatic carbocycles. The minimum Gasteiger partial charge on any atom is -0.361 e. The molecule has 3 N–H and O–H groups in total. The summed E-state index contributed by atoms with van der Waals surface area (Å²) in [5, 5.41) is 13.8. The van der Waals surface area contributed by atoms with Crippen LogP contribution in [0.25, 0.3) is 0 Å². The molecule has 1 amide bonds. The molecule has 39 heavy (non-hydrogen) atoms. The number of nitrogens with one attached hydrogen (secondary N) is 3. The van der Waals surface area contributed by atoms with Crippen LogP contribution in [0, 0.1) is 13.8 Å². The Bertz CT molecular complexity index is 1500. The van der Waals surface area contributed by atoms with E-state index in [4.69, 9.17) is 20.9 Å². The van der Waals surface area contributed by atoms with Gasteiger partial charge < -0.3 is 20.5 Å². The summed E-state index contributed by atoms with van der Waals surface area (Å²) in [4.78, 5) is 30.4. The summed E-state index contributed by atoms with van der Waals surface area (Å²) in [6.07, 6.45) is -2.64. The predicted molar refractivity (Wildman–Crippen MR) is 140 cm³/mol. The number of carbonyl (C=O) groups is 2. The first-order chi connectivity index (χ1) is 18.5. The smallest absolute Gasteiger partial charge is 0.361 e. The average Bonchev–Trinajstić information content (AvgIpc) is 3.23. The third-order valence-electron chi connectivity index (χ3n) is 5.62. The highest BCUT2D eigenvalue weighted by Gasteiger charge is 2.25. The molecule has 6 bridgehead atoms. The van der Waals surface area contributed by atoms with Crippen molar-refractivity contribution in [2.45, 2.75) is 32.9 Å². The van der Waals surface area contributed by atoms with E-state index in [1.165, 1.54) is 0 Å². The monoisotopic (exact) mass is 558 g/mol. The molecule has 0 saturated carbocycles. The van der Waals surface area contributed by atoms with E-state index in [1.54, 1.807) is 20.0 Å². The summed E-state index contributed by atoms with van der Waals surface area (Å²) in [6.45, 7) is 3.48. The normalized spacial score (nSPS) is 12.3. The predicted octanol–water partition coefficient (Wildman–Crippen LogP) is 6.32. The molecule has 9 nitrogen and oxygen atoms in total. The van der Waals surface area contributed by atoms with Crippen LogP contribution in [0.5, 0.6) is 0 Å². The Labute approximate surface area is 225 Å². The quantitative estimate of drug-likeness (QED) is 0.244. The lowest BCUT2D eigenvalue weighted by Gasteiger charge is -2.14. The van der Waals surface area contributed by atoms with Crippen LogP contribution in [-0.4, -0.2) is 33.5 Å². The van der Waals surface area contributed by atoms with Gasteiger partial charge in [-0.3, -0.25) is 9.59 Å². The number of aryl methyl sites for hydroxylation is 4. The standard InChI is InChI=1S/C24H21ClN6O2.C2HF3O/c1-13-21(14(2)33-31-13)23(32)29-20-9-8-18-11-16(20)7-6-15-4-3-5-17(10-15)28-24-26-12-19(25)22(27-18)30-24;3-2(4,5)1-6/h3-5,8-12H,6-7H2,1-2H3,(H,29,32)(H2,26,27,28,30);1H. The first-order valence-corrected chi connectivity index (χ1v) is 12.0. The Morgan fingerprint density at radius 3 is 2.54 bits per heavy atom. The lowest BCUT2D eigenvalue weighted by atomic mass is 10.0. The van der Waals surface area contributed by atoms with Gasteiger partial charge in [0.05, 0.1) is 11.9 Å². The van der Waals surface area contributed by atoms with Gasteiger partial charge in [0, 0.05) is 17.1 Å². The van der Waals surface area contributed by atoms with Gasteiger partial charge >= 0.3 is 6.18 Å². The molecule has 0 unspecified atom stereocenters. The lowest BCUT2D eigenvalue weighted by Crippen LogP contribution is -2.15. The van der Waals surface area contributed by atoms with Crippen LogP contribution in [-0.2, 0) is 17.6 Å². The summed E-state index contributed by atoms with van der Waals surface area (Å²) in [7, 11) is 0. The van der Waals surface area contributed by atoms with Gasteiger partial charge in [0.25, 0.3) is 5.91 Å². The number of alkyl halides is 3. The molecule has 1 aliphatic heterocycles. The van der Waals surface area contributed by atoms with E-state index >= 15 is 0 Å². The molecule has 5 rings (SSSR count). The van der Waals surface area contributed by atoms with Crippen molar-refractivity contribution in [3.8, 4) is 0 Å². The fourth-order valence-corrected chi connectivity index (χ4v) is 3.99. The van der Waals surface area contributed by atoms with Gasteiger partial charge in [-0.25, -0.2) is 4.98 Å². The minimum atomic E-state index is -4.64. The number of hydrogen-bond donors (Lipinski definition) is 3. The second-order valence-electron chi connectivity index (χ2n) is 8.53. The van der Waals surface area contributed by atoms with Crippen LogP contribution in [0.3, 0.4) is 0 Å². The number of amides is 1. The molecule has 3 heterocycles. The lowest BCUT2D eigenvalue weighted by molar-refractivity contribution is -0.156. The maximum atomic E-state index is 12.9. The summed E-state index contributed by atoms with van der Waals surface area (Å²) in [6, 6.07) is 13.8. The molecular formula is C26H22ClF3N6O3. The van der Waals surface area contributed by atoms with Gasteiger partial charge in [-0.05, 0) is 68.1 Å². The van der Waals surface area contributed by atoms with Crippen molar-refractivity contribution < 1.29 is 27.3 Å². The Morgan fingerprint density at radius 1 is 1.10 bits per heavy atom. The first-order valence-electron chi connectivity index (χ1n) is 11.6. The fourth-order valence-electron chi connectivity index (χ4n) is 3.86. The van der Waals surface area contributed by atoms with Crippen LogP contribution >= 0.6 is 11.6 Å². The van der Waals surface area contributed by atoms with Gasteiger partial charge in [-0.1, -0.05) is 28.9 Å². The second kappa shape index (κ2) is 11.5. The summed E-state index contributed by atoms with van der Waals surface area (Å²) >= 11 is 6.33. The number of carbonyl (C=O) groups excluding carboxylic acids is 2. The zero-order chi connectivity index (χ0) is 28.2. The second-order valence-corrected chi connectivity index (χ2v) is 8.93. The molecule has 13 heteroatoms. The Balaban J connectivity index is 0.000000531. The summed E-state index contributed by atoms with van der Waals surface area (Å²) < 4.78 is 36.4. The van der Waals surface area contributed by atoms with E-state index < -0.39 is 12.5 Å². The van der Waals surface area contributed by atoms with Gasteiger partial charge in [0.2, 0.25) is 12.2 Å². The highest BCUT2D eigenvalue weighted by Crippen LogP contribution is 2.30. The number of halogens is 4. The molecule has 4 aromatic rings. The summed E-state index contributed by atoms with van der Waals surface area (Å²) in [5.74, 6) is 1.17. The number of nitrogens with zero attached hydrogens (tertiary/aromatic N) is 3. The van der Waals surface area contributed by atoms with E-state index in [2.05, 4.69) is 43.2 Å². The van der Waals surface area contributed by atoms with Gasteiger partial charge in [0.15, 0.2) is 5.82 Å². The van der Waals surface area contributed by atoms with Crippen molar-refractivity contribution in [1.29, 1.82) is 0 Å². The first kappa shape index (κ1) is 27.6. The van der Waals surface area contributed by atoms with Gasteiger partial charge in [0.1, 0.15) is 16.3 Å². The molecule has 1 aliphatic rings. The number of hydrogen-bond acceptors (Lipinski definition) is 8. The zero-order valence-corrected chi connectivity index (χ0v) is 21.4. The van der Waals surface area contributed by atoms with Crippen molar-refractivity contribution in [3.63, 3.8) is 0 Å². The largest absolute Gasteiger partial charge is 0.446 e. The third kappa shape index (κ3) is 7.11. The Hall–Kier alpha value is -4.45. The highest BCUT2D eigenvalue weighted by molar-refractivity contribution is 6.32. The number of benzene rings is 2. The van der Waals surface area contributed by atoms with Crippen LogP contribution < -0.4 is 16.0 Å². The maximum absolute atomic E-state index is 12.9. The number of aldehydes is 1. The van der Waals surface area contributed by atoms with E-state index in [1.807, 2.05) is 30.3 Å². The average molecular weight is 559 g/mol. The SMILES string of the molecule is Cc1noc(C)c1C(=O)Nc1ccc2cc1CCc1cccc(c1)Nc1ncc(Cl)c(n1)N2.O=CC(F)(F)F. The van der Waals surface area contributed by atoms with E-state index in [0.717, 1.165) is 34.6 Å². The van der Waals surface area contributed by atoms with Crippen molar-refractivity contribution in [3.05, 3.63) is 81.8 Å². The van der Waals surface area contributed by atoms with Crippen LogP contribution in [0.4, 0.5) is 42.0 Å². The van der Waals surface area contributed by atoms with Crippen molar-refractivity contribution in [2.24, 2.45) is 0 Å². The van der Waals surface area contributed by atoms with Crippen molar-refractivity contribution in [2.75, 3.05) is 16.0 Å². The van der Waals surface area contributed by atoms with Crippen LogP contribution in [0.2, 0.25) is 5.02 Å². The molecule has 0 saturated heterocycles. The number of rotatable bonds is 2. The van der Waals surface area contributed by atoms with Crippen LogP contribution in [0.1, 0.15) is 32.9 Å². The van der Waals surface area contributed by atoms with Crippen molar-refractivity contribution >= 4 is 52.6 Å². The number of anilines is 5.